The molecule has 1 saturated carbocycles. The Bertz CT molecular complexity index is 377. The van der Waals surface area contributed by atoms with Crippen molar-refractivity contribution >= 4 is 19.7 Å². The Morgan fingerprint density at radius 3 is 1.72 bits per heavy atom. The topological polar surface area (TPSA) is 34.1 Å². The zero-order chi connectivity index (χ0) is 14.2. The van der Waals surface area contributed by atoms with Crippen molar-refractivity contribution in [2.24, 2.45) is 17.3 Å². The molecule has 0 atom stereocenters. The summed E-state index contributed by atoms with van der Waals surface area (Å²) >= 11 is 0. The molecule has 4 heteroatoms. The summed E-state index contributed by atoms with van der Waals surface area (Å²) in [5.74, 6) is 0.913. The van der Waals surface area contributed by atoms with E-state index in [0.29, 0.717) is 11.3 Å². The summed E-state index contributed by atoms with van der Waals surface area (Å²) in [6.07, 6.45) is 5.39. The van der Waals surface area contributed by atoms with Gasteiger partial charge in [-0.15, -0.1) is 0 Å². The van der Waals surface area contributed by atoms with Gasteiger partial charge in [0.1, 0.15) is 0 Å². The molecule has 0 heterocycles. The summed E-state index contributed by atoms with van der Waals surface area (Å²) in [7, 11) is 2.10. The molecule has 0 bridgehead atoms. The number of rotatable bonds is 4. The molecule has 2 nitrogen and oxygen atoms in total. The van der Waals surface area contributed by atoms with Gasteiger partial charge in [0.15, 0.2) is 0 Å². The van der Waals surface area contributed by atoms with Crippen LogP contribution in [0.15, 0.2) is 0 Å². The molecular weight excluding hydrogens is 268 g/mol. The van der Waals surface area contributed by atoms with Gasteiger partial charge in [0.2, 0.25) is 9.05 Å². The van der Waals surface area contributed by atoms with Gasteiger partial charge in [-0.2, -0.15) is 0 Å². The molecule has 0 unspecified atom stereocenters. The standard InChI is InChI=1S/C14H27ClO2S/c1-6-13(2,3)11-7-9-12(10-8-11)14(4,5)18(15,16)17/h11-12H,6-10H2,1-5H3. The largest absolute Gasteiger partial charge is 0.238 e. The van der Waals surface area contributed by atoms with Crippen molar-refractivity contribution in [3.05, 3.63) is 0 Å². The van der Waals surface area contributed by atoms with Gasteiger partial charge >= 0.3 is 0 Å². The SMILES string of the molecule is CCC(C)(C)C1CCC(C(C)(C)S(=O)(=O)Cl)CC1. The molecule has 0 aromatic rings. The van der Waals surface area contributed by atoms with E-state index in [-0.39, 0.29) is 5.92 Å². The smallest absolute Gasteiger partial charge is 0.212 e. The Kier molecular flexibility index (Phi) is 4.81. The van der Waals surface area contributed by atoms with Gasteiger partial charge in [0.25, 0.3) is 0 Å². The highest BCUT2D eigenvalue weighted by Crippen LogP contribution is 2.46. The molecule has 0 saturated heterocycles. The van der Waals surface area contributed by atoms with Crippen LogP contribution in [0.4, 0.5) is 0 Å². The molecule has 0 aromatic heterocycles. The van der Waals surface area contributed by atoms with E-state index in [0.717, 1.165) is 25.7 Å². The third-order valence-corrected chi connectivity index (χ3v) is 8.14. The maximum absolute atomic E-state index is 11.7. The van der Waals surface area contributed by atoms with Crippen LogP contribution < -0.4 is 0 Å². The lowest BCUT2D eigenvalue weighted by Gasteiger charge is -2.42. The molecule has 0 aromatic carbocycles. The second-order valence-corrected chi connectivity index (χ2v) is 10.1. The fourth-order valence-corrected chi connectivity index (χ4v) is 4.07. The minimum Gasteiger partial charge on any atom is -0.212 e. The van der Waals surface area contributed by atoms with E-state index in [1.807, 2.05) is 0 Å². The first-order chi connectivity index (χ1) is 8.02. The summed E-state index contributed by atoms with van der Waals surface area (Å²) in [6, 6.07) is 0. The summed E-state index contributed by atoms with van der Waals surface area (Å²) in [5, 5.41) is 0. The van der Waals surface area contributed by atoms with Gasteiger partial charge in [-0.1, -0.05) is 27.2 Å². The highest BCUT2D eigenvalue weighted by Gasteiger charge is 2.43. The van der Waals surface area contributed by atoms with Crippen molar-refractivity contribution in [1.29, 1.82) is 0 Å². The van der Waals surface area contributed by atoms with E-state index in [4.69, 9.17) is 10.7 Å². The molecule has 0 aliphatic heterocycles. The Labute approximate surface area is 117 Å². The van der Waals surface area contributed by atoms with Crippen molar-refractivity contribution in [2.45, 2.75) is 71.5 Å². The van der Waals surface area contributed by atoms with E-state index in [9.17, 15) is 8.42 Å². The lowest BCUT2D eigenvalue weighted by molar-refractivity contribution is 0.118. The van der Waals surface area contributed by atoms with Crippen molar-refractivity contribution in [2.75, 3.05) is 0 Å². The Balaban J connectivity index is 2.71. The molecule has 1 aliphatic carbocycles. The van der Waals surface area contributed by atoms with Crippen LogP contribution >= 0.6 is 10.7 Å². The second kappa shape index (κ2) is 5.32. The van der Waals surface area contributed by atoms with Crippen LogP contribution in [0.25, 0.3) is 0 Å². The predicted octanol–water partition coefficient (Wildman–Crippen LogP) is 4.58. The lowest BCUT2D eigenvalue weighted by Crippen LogP contribution is -2.40. The quantitative estimate of drug-likeness (QED) is 0.711. The first-order valence-electron chi connectivity index (χ1n) is 6.96. The Morgan fingerprint density at radius 1 is 1.00 bits per heavy atom. The predicted molar refractivity (Wildman–Crippen MR) is 78.4 cm³/mol. The average molecular weight is 295 g/mol. The highest BCUT2D eigenvalue weighted by molar-refractivity contribution is 8.14. The zero-order valence-corrected chi connectivity index (χ0v) is 13.9. The molecular formula is C14H27ClO2S. The molecule has 0 N–H and O–H groups in total. The summed E-state index contributed by atoms with van der Waals surface area (Å²) < 4.78 is 22.5. The first-order valence-corrected chi connectivity index (χ1v) is 9.27. The van der Waals surface area contributed by atoms with Crippen LogP contribution in [0.5, 0.6) is 0 Å². The molecule has 18 heavy (non-hydrogen) atoms. The Morgan fingerprint density at radius 2 is 1.39 bits per heavy atom. The monoisotopic (exact) mass is 294 g/mol. The molecule has 0 radical (unpaired) electrons. The first kappa shape index (κ1) is 16.3. The maximum Gasteiger partial charge on any atom is 0.238 e. The van der Waals surface area contributed by atoms with E-state index >= 15 is 0 Å². The highest BCUT2D eigenvalue weighted by atomic mass is 35.7. The molecule has 108 valence electrons. The van der Waals surface area contributed by atoms with Gasteiger partial charge in [0, 0.05) is 10.7 Å². The molecule has 1 aliphatic rings. The van der Waals surface area contributed by atoms with Crippen LogP contribution in [0.3, 0.4) is 0 Å². The van der Waals surface area contributed by atoms with Crippen LogP contribution in [0.1, 0.15) is 66.7 Å². The average Bonchev–Trinajstić information content (AvgIpc) is 2.27. The number of hydrogen-bond acceptors (Lipinski definition) is 2. The fraction of sp³-hybridized carbons (Fsp3) is 1.00. The van der Waals surface area contributed by atoms with Crippen LogP contribution in [0.2, 0.25) is 0 Å². The lowest BCUT2D eigenvalue weighted by atomic mass is 9.66. The molecule has 1 fully saturated rings. The van der Waals surface area contributed by atoms with E-state index in [1.165, 1.54) is 6.42 Å². The summed E-state index contributed by atoms with van der Waals surface area (Å²) in [6.45, 7) is 10.4. The van der Waals surface area contributed by atoms with Gasteiger partial charge in [-0.25, -0.2) is 8.42 Å². The van der Waals surface area contributed by atoms with E-state index < -0.39 is 13.8 Å². The third-order valence-electron chi connectivity index (χ3n) is 5.36. The van der Waals surface area contributed by atoms with Crippen molar-refractivity contribution in [3.63, 3.8) is 0 Å². The van der Waals surface area contributed by atoms with Crippen molar-refractivity contribution < 1.29 is 8.42 Å². The second-order valence-electron chi connectivity index (χ2n) is 6.93. The van der Waals surface area contributed by atoms with Gasteiger partial charge in [0.05, 0.1) is 4.75 Å². The van der Waals surface area contributed by atoms with Gasteiger partial charge in [-0.3, -0.25) is 0 Å². The van der Waals surface area contributed by atoms with Crippen molar-refractivity contribution in [3.8, 4) is 0 Å². The summed E-state index contributed by atoms with van der Waals surface area (Å²) in [5.41, 5.74) is 0.370. The van der Waals surface area contributed by atoms with E-state index in [1.54, 1.807) is 13.8 Å². The van der Waals surface area contributed by atoms with Crippen LogP contribution in [-0.2, 0) is 9.05 Å². The number of halogens is 1. The molecule has 0 amide bonds. The molecule has 1 rings (SSSR count). The minimum atomic E-state index is -3.49. The fourth-order valence-electron chi connectivity index (χ4n) is 3.06. The van der Waals surface area contributed by atoms with Crippen molar-refractivity contribution in [1.82, 2.24) is 0 Å². The summed E-state index contributed by atoms with van der Waals surface area (Å²) in [4.78, 5) is 0. The van der Waals surface area contributed by atoms with Gasteiger partial charge < -0.3 is 0 Å². The van der Waals surface area contributed by atoms with Crippen LogP contribution in [0, 0.1) is 17.3 Å². The van der Waals surface area contributed by atoms with E-state index in [2.05, 4.69) is 20.8 Å². The van der Waals surface area contributed by atoms with Gasteiger partial charge in [-0.05, 0) is 56.8 Å². The normalized spacial score (nSPS) is 27.2. The minimum absolute atomic E-state index is 0.198. The Hall–Kier alpha value is 0.240. The third kappa shape index (κ3) is 3.22. The maximum atomic E-state index is 11.7. The number of hydrogen-bond donors (Lipinski definition) is 0. The zero-order valence-electron chi connectivity index (χ0n) is 12.3. The van der Waals surface area contributed by atoms with Crippen LogP contribution in [-0.4, -0.2) is 13.2 Å². The molecule has 0 spiro atoms.